The predicted molar refractivity (Wildman–Crippen MR) is 71.6 cm³/mol. The van der Waals surface area contributed by atoms with Crippen molar-refractivity contribution in [3.8, 4) is 0 Å². The van der Waals surface area contributed by atoms with Crippen LogP contribution in [0.2, 0.25) is 0 Å². The average molecular weight is 231 g/mol. The van der Waals surface area contributed by atoms with Crippen molar-refractivity contribution in [2.45, 2.75) is 45.6 Å². The van der Waals surface area contributed by atoms with Gasteiger partial charge in [0.2, 0.25) is 0 Å². The number of hydrogen-bond acceptors (Lipinski definition) is 2. The molecular formula is C15H21NO. The van der Waals surface area contributed by atoms with E-state index in [1.54, 1.807) is 0 Å². The summed E-state index contributed by atoms with van der Waals surface area (Å²) in [4.78, 5) is 13.6. The minimum Gasteiger partial charge on any atom is -0.371 e. The van der Waals surface area contributed by atoms with E-state index in [0.29, 0.717) is 11.8 Å². The van der Waals surface area contributed by atoms with Crippen molar-refractivity contribution in [3.63, 3.8) is 0 Å². The Morgan fingerprint density at radius 1 is 1.18 bits per heavy atom. The van der Waals surface area contributed by atoms with Crippen molar-refractivity contribution >= 4 is 11.5 Å². The van der Waals surface area contributed by atoms with E-state index in [1.165, 1.54) is 16.8 Å². The summed E-state index contributed by atoms with van der Waals surface area (Å²) in [6.45, 7) is 4.28. The van der Waals surface area contributed by atoms with Crippen LogP contribution in [0.25, 0.3) is 0 Å². The van der Waals surface area contributed by atoms with Gasteiger partial charge in [-0.05, 0) is 38.3 Å². The molecule has 2 heteroatoms. The van der Waals surface area contributed by atoms with Crippen LogP contribution in [0.1, 0.15) is 36.8 Å². The van der Waals surface area contributed by atoms with Crippen LogP contribution in [0, 0.1) is 13.8 Å². The summed E-state index contributed by atoms with van der Waals surface area (Å²) < 4.78 is 0. The molecule has 17 heavy (non-hydrogen) atoms. The molecule has 0 aromatic heterocycles. The van der Waals surface area contributed by atoms with E-state index in [0.717, 1.165) is 25.7 Å². The third-order valence-electron chi connectivity index (χ3n) is 3.79. The second-order valence-corrected chi connectivity index (χ2v) is 5.17. The second kappa shape index (κ2) is 4.91. The van der Waals surface area contributed by atoms with Gasteiger partial charge in [0, 0.05) is 31.6 Å². The normalized spacial score (nSPS) is 17.2. The number of carbonyl (C=O) groups is 1. The molecule has 0 N–H and O–H groups in total. The quantitative estimate of drug-likeness (QED) is 0.778. The van der Waals surface area contributed by atoms with Gasteiger partial charge in [-0.2, -0.15) is 0 Å². The number of aryl methyl sites for hydroxylation is 2. The van der Waals surface area contributed by atoms with E-state index in [1.807, 2.05) is 0 Å². The molecule has 0 amide bonds. The highest BCUT2D eigenvalue weighted by atomic mass is 16.1. The molecular weight excluding hydrogens is 210 g/mol. The summed E-state index contributed by atoms with van der Waals surface area (Å²) in [7, 11) is 2.15. The molecule has 92 valence electrons. The van der Waals surface area contributed by atoms with Gasteiger partial charge in [0.1, 0.15) is 5.78 Å². The van der Waals surface area contributed by atoms with Gasteiger partial charge in [0.15, 0.2) is 0 Å². The minimum atomic E-state index is 0.426. The third kappa shape index (κ3) is 2.68. The van der Waals surface area contributed by atoms with E-state index in [2.05, 4.69) is 44.0 Å². The van der Waals surface area contributed by atoms with Crippen LogP contribution < -0.4 is 4.90 Å². The smallest absolute Gasteiger partial charge is 0.133 e. The SMILES string of the molecule is Cc1ccc(N(C)C2CCC(=O)CC2)c(C)c1. The summed E-state index contributed by atoms with van der Waals surface area (Å²) in [6.07, 6.45) is 3.51. The molecule has 1 aliphatic carbocycles. The average Bonchev–Trinajstić information content (AvgIpc) is 2.29. The maximum Gasteiger partial charge on any atom is 0.133 e. The lowest BCUT2D eigenvalue weighted by atomic mass is 9.92. The van der Waals surface area contributed by atoms with Gasteiger partial charge in [0.25, 0.3) is 0 Å². The fourth-order valence-electron chi connectivity index (χ4n) is 2.71. The first kappa shape index (κ1) is 12.2. The molecule has 0 radical (unpaired) electrons. The van der Waals surface area contributed by atoms with Gasteiger partial charge in [0.05, 0.1) is 0 Å². The number of carbonyl (C=O) groups excluding carboxylic acids is 1. The first-order valence-corrected chi connectivity index (χ1v) is 6.39. The van der Waals surface area contributed by atoms with Gasteiger partial charge in [-0.3, -0.25) is 4.79 Å². The summed E-state index contributed by atoms with van der Waals surface area (Å²) in [5.41, 5.74) is 3.93. The first-order valence-electron chi connectivity index (χ1n) is 6.39. The Hall–Kier alpha value is -1.31. The first-order chi connectivity index (χ1) is 8.08. The van der Waals surface area contributed by atoms with E-state index in [-0.39, 0.29) is 0 Å². The van der Waals surface area contributed by atoms with Crippen LogP contribution in [-0.2, 0) is 4.79 Å². The van der Waals surface area contributed by atoms with E-state index in [4.69, 9.17) is 0 Å². The Kier molecular flexibility index (Phi) is 3.51. The summed E-state index contributed by atoms with van der Waals surface area (Å²) in [5, 5.41) is 0. The molecule has 0 bridgehead atoms. The molecule has 0 spiro atoms. The van der Waals surface area contributed by atoms with E-state index in [9.17, 15) is 4.79 Å². The zero-order valence-corrected chi connectivity index (χ0v) is 11.0. The fraction of sp³-hybridized carbons (Fsp3) is 0.533. The van der Waals surface area contributed by atoms with Gasteiger partial charge in [-0.25, -0.2) is 0 Å². The highest BCUT2D eigenvalue weighted by molar-refractivity contribution is 5.79. The monoisotopic (exact) mass is 231 g/mol. The van der Waals surface area contributed by atoms with Gasteiger partial charge < -0.3 is 4.90 Å². The Balaban J connectivity index is 2.13. The van der Waals surface area contributed by atoms with Crippen LogP contribution in [0.5, 0.6) is 0 Å². The van der Waals surface area contributed by atoms with Gasteiger partial charge in [-0.1, -0.05) is 17.7 Å². The van der Waals surface area contributed by atoms with Crippen LogP contribution in [0.3, 0.4) is 0 Å². The Morgan fingerprint density at radius 3 is 2.41 bits per heavy atom. The maximum absolute atomic E-state index is 11.3. The number of ketones is 1. The summed E-state index contributed by atoms with van der Waals surface area (Å²) >= 11 is 0. The molecule has 0 atom stereocenters. The van der Waals surface area contributed by atoms with Crippen molar-refractivity contribution in [2.24, 2.45) is 0 Å². The van der Waals surface area contributed by atoms with Crippen molar-refractivity contribution in [1.29, 1.82) is 0 Å². The molecule has 0 unspecified atom stereocenters. The van der Waals surface area contributed by atoms with Crippen LogP contribution in [0.4, 0.5) is 5.69 Å². The topological polar surface area (TPSA) is 20.3 Å². The fourth-order valence-corrected chi connectivity index (χ4v) is 2.71. The zero-order valence-electron chi connectivity index (χ0n) is 11.0. The zero-order chi connectivity index (χ0) is 12.4. The van der Waals surface area contributed by atoms with Crippen molar-refractivity contribution in [3.05, 3.63) is 29.3 Å². The number of anilines is 1. The molecule has 1 aliphatic rings. The molecule has 1 aromatic rings. The predicted octanol–water partition coefficient (Wildman–Crippen LogP) is 3.25. The van der Waals surface area contributed by atoms with E-state index >= 15 is 0 Å². The molecule has 2 nitrogen and oxygen atoms in total. The van der Waals surface area contributed by atoms with Gasteiger partial charge in [-0.15, -0.1) is 0 Å². The Labute approximate surface area is 104 Å². The molecule has 1 saturated carbocycles. The molecule has 0 aliphatic heterocycles. The van der Waals surface area contributed by atoms with Crippen LogP contribution >= 0.6 is 0 Å². The molecule has 0 saturated heterocycles. The van der Waals surface area contributed by atoms with Crippen molar-refractivity contribution in [2.75, 3.05) is 11.9 Å². The maximum atomic E-state index is 11.3. The van der Waals surface area contributed by atoms with Crippen LogP contribution in [-0.4, -0.2) is 18.9 Å². The second-order valence-electron chi connectivity index (χ2n) is 5.17. The molecule has 0 heterocycles. The summed E-state index contributed by atoms with van der Waals surface area (Å²) in [6, 6.07) is 7.10. The van der Waals surface area contributed by atoms with Gasteiger partial charge >= 0.3 is 0 Å². The Bertz CT molecular complexity index is 415. The molecule has 1 aromatic carbocycles. The number of nitrogens with zero attached hydrogens (tertiary/aromatic N) is 1. The number of hydrogen-bond donors (Lipinski definition) is 0. The summed E-state index contributed by atoms with van der Waals surface area (Å²) in [5.74, 6) is 0.426. The lowest BCUT2D eigenvalue weighted by molar-refractivity contribution is -0.120. The minimum absolute atomic E-state index is 0.426. The van der Waals surface area contributed by atoms with Crippen molar-refractivity contribution < 1.29 is 4.79 Å². The Morgan fingerprint density at radius 2 is 1.82 bits per heavy atom. The lowest BCUT2D eigenvalue weighted by Gasteiger charge is -2.33. The number of rotatable bonds is 2. The molecule has 1 fully saturated rings. The van der Waals surface area contributed by atoms with Crippen LogP contribution in [0.15, 0.2) is 18.2 Å². The largest absolute Gasteiger partial charge is 0.371 e. The third-order valence-corrected chi connectivity index (χ3v) is 3.79. The van der Waals surface area contributed by atoms with E-state index < -0.39 is 0 Å². The lowest BCUT2D eigenvalue weighted by Crippen LogP contribution is -2.35. The number of benzene rings is 1. The van der Waals surface area contributed by atoms with Crippen molar-refractivity contribution in [1.82, 2.24) is 0 Å². The standard InChI is InChI=1S/C15H21NO/c1-11-4-9-15(12(2)10-11)16(3)13-5-7-14(17)8-6-13/h4,9-10,13H,5-8H2,1-3H3. The molecule has 2 rings (SSSR count). The highest BCUT2D eigenvalue weighted by Gasteiger charge is 2.22. The highest BCUT2D eigenvalue weighted by Crippen LogP contribution is 2.27. The number of Topliss-reactive ketones (excluding diaryl/α,β-unsaturated/α-hetero) is 1.